The van der Waals surface area contributed by atoms with Crippen LogP contribution in [-0.2, 0) is 0 Å². The van der Waals surface area contributed by atoms with Gasteiger partial charge in [0.25, 0.3) is 0 Å². The van der Waals surface area contributed by atoms with E-state index in [9.17, 15) is 0 Å². The molecule has 0 saturated carbocycles. The largest absolute Gasteiger partial charge is 0.309 e. The molecule has 0 N–H and O–H groups in total. The van der Waals surface area contributed by atoms with E-state index in [1.165, 1.54) is 92.8 Å². The van der Waals surface area contributed by atoms with E-state index >= 15 is 0 Å². The average Bonchev–Trinajstić information content (AvgIpc) is 3.47. The third-order valence-corrected chi connectivity index (χ3v) is 9.93. The van der Waals surface area contributed by atoms with Gasteiger partial charge in [-0.15, -0.1) is 0 Å². The van der Waals surface area contributed by atoms with Gasteiger partial charge in [0.05, 0.1) is 11.0 Å². The van der Waals surface area contributed by atoms with Crippen LogP contribution in [0.4, 0.5) is 0 Å². The molecule has 0 unspecified atom stereocenters. The lowest BCUT2D eigenvalue weighted by atomic mass is 9.83. The number of aromatic nitrogens is 1. The lowest BCUT2D eigenvalue weighted by Gasteiger charge is -2.20. The molecule has 0 saturated heterocycles. The molecule has 0 fully saturated rings. The standard InChI is InChI=1S/C46H29N/c1-2-15-35(16-3-1)47-42-21-11-10-18-37(42)41-29-34(25-27-43(41)47)44-38-19-8-9-20-39(38)45(33-23-22-30-12-4-5-14-32(30)28-33)46-36-17-7-6-13-31(36)24-26-40(44)46/h1-29H. The summed E-state index contributed by atoms with van der Waals surface area (Å²) >= 11 is 0. The van der Waals surface area contributed by atoms with Crippen LogP contribution >= 0.6 is 0 Å². The summed E-state index contributed by atoms with van der Waals surface area (Å²) in [7, 11) is 0. The van der Waals surface area contributed by atoms with E-state index in [0.29, 0.717) is 0 Å². The van der Waals surface area contributed by atoms with Crippen LogP contribution in [0.3, 0.4) is 0 Å². The normalized spacial score (nSPS) is 11.8. The van der Waals surface area contributed by atoms with Gasteiger partial charge in [0.2, 0.25) is 0 Å². The van der Waals surface area contributed by atoms with E-state index in [1.807, 2.05) is 0 Å². The molecule has 0 aliphatic carbocycles. The maximum Gasteiger partial charge on any atom is 0.0541 e. The minimum Gasteiger partial charge on any atom is -0.309 e. The molecular formula is C46H29N. The highest BCUT2D eigenvalue weighted by atomic mass is 15.0. The van der Waals surface area contributed by atoms with Crippen LogP contribution in [0.2, 0.25) is 0 Å². The highest BCUT2D eigenvalue weighted by Crippen LogP contribution is 2.47. The van der Waals surface area contributed by atoms with E-state index in [4.69, 9.17) is 0 Å². The maximum atomic E-state index is 2.42. The van der Waals surface area contributed by atoms with Crippen LogP contribution < -0.4 is 0 Å². The SMILES string of the molecule is c1ccc(-n2c3ccccc3c3cc(-c4c5ccccc5c(-c5ccc6ccccc6c5)c5c4ccc4ccccc45)ccc32)cc1. The van der Waals surface area contributed by atoms with E-state index in [-0.39, 0.29) is 0 Å². The Morgan fingerprint density at radius 3 is 1.70 bits per heavy atom. The third kappa shape index (κ3) is 3.90. The van der Waals surface area contributed by atoms with Gasteiger partial charge in [-0.05, 0) is 102 Å². The van der Waals surface area contributed by atoms with Crippen LogP contribution in [0, 0.1) is 0 Å². The van der Waals surface area contributed by atoms with Gasteiger partial charge in [-0.1, -0.05) is 140 Å². The van der Waals surface area contributed by atoms with Crippen molar-refractivity contribution in [2.24, 2.45) is 0 Å². The van der Waals surface area contributed by atoms with Crippen LogP contribution in [-0.4, -0.2) is 4.57 Å². The molecule has 0 bridgehead atoms. The molecule has 47 heavy (non-hydrogen) atoms. The van der Waals surface area contributed by atoms with E-state index in [1.54, 1.807) is 0 Å². The minimum atomic E-state index is 1.17. The average molecular weight is 596 g/mol. The lowest BCUT2D eigenvalue weighted by Crippen LogP contribution is -1.94. The van der Waals surface area contributed by atoms with Gasteiger partial charge in [0.15, 0.2) is 0 Å². The van der Waals surface area contributed by atoms with E-state index < -0.39 is 0 Å². The molecule has 1 nitrogen and oxygen atoms in total. The minimum absolute atomic E-state index is 1.17. The Hall–Kier alpha value is -6.18. The number of nitrogens with zero attached hydrogens (tertiary/aromatic N) is 1. The Bertz CT molecular complexity index is 2840. The van der Waals surface area contributed by atoms with Crippen LogP contribution in [0.15, 0.2) is 176 Å². The first-order valence-electron chi connectivity index (χ1n) is 16.3. The van der Waals surface area contributed by atoms with Crippen molar-refractivity contribution in [2.75, 3.05) is 0 Å². The molecule has 9 aromatic carbocycles. The van der Waals surface area contributed by atoms with Crippen LogP contribution in [0.25, 0.3) is 92.8 Å². The van der Waals surface area contributed by atoms with E-state index in [2.05, 4.69) is 180 Å². The summed E-state index contributed by atoms with van der Waals surface area (Å²) in [6.07, 6.45) is 0. The molecule has 218 valence electrons. The fourth-order valence-corrected chi connectivity index (χ4v) is 7.89. The number of fused-ring (bicyclic) bond motifs is 8. The second-order valence-electron chi connectivity index (χ2n) is 12.5. The smallest absolute Gasteiger partial charge is 0.0541 e. The molecule has 1 aromatic heterocycles. The number of hydrogen-bond acceptors (Lipinski definition) is 0. The summed E-state index contributed by atoms with van der Waals surface area (Å²) in [5.74, 6) is 0. The number of para-hydroxylation sites is 2. The van der Waals surface area contributed by atoms with E-state index in [0.717, 1.165) is 0 Å². The summed E-state index contributed by atoms with van der Waals surface area (Å²) in [4.78, 5) is 0. The fourth-order valence-electron chi connectivity index (χ4n) is 7.89. The highest BCUT2D eigenvalue weighted by molar-refractivity contribution is 6.28. The Kier molecular flexibility index (Phi) is 5.64. The quantitative estimate of drug-likeness (QED) is 0.141. The number of rotatable bonds is 3. The second kappa shape index (κ2) is 10.2. The molecule has 0 spiro atoms. The zero-order chi connectivity index (χ0) is 30.9. The number of benzene rings is 9. The van der Waals surface area contributed by atoms with Crippen molar-refractivity contribution >= 4 is 64.9 Å². The topological polar surface area (TPSA) is 4.93 Å². The Labute approximate surface area is 272 Å². The van der Waals surface area contributed by atoms with Crippen molar-refractivity contribution < 1.29 is 0 Å². The molecule has 0 amide bonds. The molecule has 10 rings (SSSR count). The molecule has 0 aliphatic rings. The first-order valence-corrected chi connectivity index (χ1v) is 16.3. The summed E-state index contributed by atoms with van der Waals surface area (Å²) in [6.45, 7) is 0. The zero-order valence-electron chi connectivity index (χ0n) is 25.7. The number of hydrogen-bond donors (Lipinski definition) is 0. The Balaban J connectivity index is 1.34. The summed E-state index contributed by atoms with van der Waals surface area (Å²) in [6, 6.07) is 64.6. The molecule has 0 radical (unpaired) electrons. The predicted octanol–water partition coefficient (Wildman–Crippen LogP) is 12.7. The Morgan fingerprint density at radius 2 is 0.872 bits per heavy atom. The lowest BCUT2D eigenvalue weighted by molar-refractivity contribution is 1.18. The third-order valence-electron chi connectivity index (χ3n) is 9.93. The molecule has 0 atom stereocenters. The van der Waals surface area contributed by atoms with Crippen LogP contribution in [0.5, 0.6) is 0 Å². The molecule has 0 aliphatic heterocycles. The first-order chi connectivity index (χ1) is 23.3. The molecule has 10 aromatic rings. The van der Waals surface area contributed by atoms with Crippen molar-refractivity contribution in [3.8, 4) is 27.9 Å². The van der Waals surface area contributed by atoms with Gasteiger partial charge in [-0.2, -0.15) is 0 Å². The molecular weight excluding hydrogens is 567 g/mol. The van der Waals surface area contributed by atoms with Gasteiger partial charge < -0.3 is 4.57 Å². The monoisotopic (exact) mass is 595 g/mol. The predicted molar refractivity (Wildman–Crippen MR) is 202 cm³/mol. The van der Waals surface area contributed by atoms with Gasteiger partial charge >= 0.3 is 0 Å². The highest BCUT2D eigenvalue weighted by Gasteiger charge is 2.20. The second-order valence-corrected chi connectivity index (χ2v) is 12.5. The van der Waals surface area contributed by atoms with Crippen molar-refractivity contribution in [2.45, 2.75) is 0 Å². The van der Waals surface area contributed by atoms with Crippen molar-refractivity contribution in [1.29, 1.82) is 0 Å². The summed E-state index contributed by atoms with van der Waals surface area (Å²) < 4.78 is 2.39. The summed E-state index contributed by atoms with van der Waals surface area (Å²) in [5.41, 5.74) is 8.66. The van der Waals surface area contributed by atoms with Crippen LogP contribution in [0.1, 0.15) is 0 Å². The summed E-state index contributed by atoms with van der Waals surface area (Å²) in [5, 5.41) is 12.7. The van der Waals surface area contributed by atoms with Gasteiger partial charge in [0, 0.05) is 16.5 Å². The van der Waals surface area contributed by atoms with Crippen molar-refractivity contribution in [3.05, 3.63) is 176 Å². The van der Waals surface area contributed by atoms with Gasteiger partial charge in [-0.3, -0.25) is 0 Å². The fraction of sp³-hybridized carbons (Fsp3) is 0. The van der Waals surface area contributed by atoms with Crippen molar-refractivity contribution in [1.82, 2.24) is 4.57 Å². The van der Waals surface area contributed by atoms with Gasteiger partial charge in [-0.25, -0.2) is 0 Å². The zero-order valence-corrected chi connectivity index (χ0v) is 25.7. The van der Waals surface area contributed by atoms with Gasteiger partial charge in [0.1, 0.15) is 0 Å². The van der Waals surface area contributed by atoms with Crippen molar-refractivity contribution in [3.63, 3.8) is 0 Å². The molecule has 1 heterocycles. The molecule has 1 heteroatoms. The first kappa shape index (κ1) is 26.1. The maximum absolute atomic E-state index is 2.42. The Morgan fingerprint density at radius 1 is 0.298 bits per heavy atom.